The molecule has 2 aromatic rings. The highest BCUT2D eigenvalue weighted by molar-refractivity contribution is 5.82. The van der Waals surface area contributed by atoms with Gasteiger partial charge in [0, 0.05) is 75.1 Å². The first-order chi connectivity index (χ1) is 12.2. The van der Waals surface area contributed by atoms with E-state index in [1.807, 2.05) is 18.3 Å². The van der Waals surface area contributed by atoms with Crippen LogP contribution < -0.4 is 0 Å². The van der Waals surface area contributed by atoms with Crippen molar-refractivity contribution >= 4 is 16.6 Å². The molecule has 3 rings (SSSR count). The van der Waals surface area contributed by atoms with Gasteiger partial charge in [-0.1, -0.05) is 0 Å². The topological polar surface area (TPSA) is 74.8 Å². The maximum Gasteiger partial charge on any atom is 0.270 e. The van der Waals surface area contributed by atoms with E-state index >= 15 is 0 Å². The largest absolute Gasteiger partial charge is 0.396 e. The predicted molar refractivity (Wildman–Crippen MR) is 97.8 cm³/mol. The molecule has 0 spiro atoms. The third kappa shape index (κ3) is 4.56. The number of piperazine rings is 1. The van der Waals surface area contributed by atoms with Gasteiger partial charge in [0.15, 0.2) is 0 Å². The smallest absolute Gasteiger partial charge is 0.270 e. The fraction of sp³-hybridized carbons (Fsp3) is 0.556. The van der Waals surface area contributed by atoms with Crippen LogP contribution in [0.5, 0.6) is 0 Å². The van der Waals surface area contributed by atoms with Crippen LogP contribution in [0.2, 0.25) is 0 Å². The van der Waals surface area contributed by atoms with Crippen LogP contribution >= 0.6 is 0 Å². The molecule has 1 fully saturated rings. The van der Waals surface area contributed by atoms with Gasteiger partial charge < -0.3 is 19.5 Å². The molecular weight excluding hydrogens is 320 g/mol. The highest BCUT2D eigenvalue weighted by Gasteiger charge is 2.16. The van der Waals surface area contributed by atoms with Gasteiger partial charge in [-0.25, -0.2) is 0 Å². The number of aliphatic hydroxyl groups is 1. The van der Waals surface area contributed by atoms with Crippen molar-refractivity contribution in [2.45, 2.75) is 19.4 Å². The van der Waals surface area contributed by atoms with E-state index in [1.54, 1.807) is 12.1 Å². The Bertz CT molecular complexity index is 707. The van der Waals surface area contributed by atoms with Crippen LogP contribution in [0, 0.1) is 10.1 Å². The first kappa shape index (κ1) is 17.8. The van der Waals surface area contributed by atoms with E-state index in [0.29, 0.717) is 0 Å². The second-order valence-electron chi connectivity index (χ2n) is 6.62. The number of nitrogens with zero attached hydrogens (tertiary/aromatic N) is 4. The minimum absolute atomic E-state index is 0.143. The van der Waals surface area contributed by atoms with E-state index in [4.69, 9.17) is 5.11 Å². The monoisotopic (exact) mass is 346 g/mol. The molecule has 25 heavy (non-hydrogen) atoms. The number of hydrogen-bond acceptors (Lipinski definition) is 5. The Hall–Kier alpha value is -1.96. The molecule has 7 nitrogen and oxygen atoms in total. The van der Waals surface area contributed by atoms with Crippen LogP contribution in [-0.4, -0.2) is 70.3 Å². The van der Waals surface area contributed by atoms with Gasteiger partial charge in [0.05, 0.1) is 4.92 Å². The lowest BCUT2D eigenvalue weighted by Gasteiger charge is -2.34. The summed E-state index contributed by atoms with van der Waals surface area (Å²) < 4.78 is 2.18. The molecule has 1 aliphatic rings. The molecule has 2 heterocycles. The van der Waals surface area contributed by atoms with Gasteiger partial charge in [0.2, 0.25) is 0 Å². The van der Waals surface area contributed by atoms with E-state index in [9.17, 15) is 10.1 Å². The number of fused-ring (bicyclic) bond motifs is 1. The zero-order chi connectivity index (χ0) is 17.6. The Morgan fingerprint density at radius 1 is 1.00 bits per heavy atom. The molecule has 7 heteroatoms. The molecule has 1 aliphatic heterocycles. The fourth-order valence-corrected chi connectivity index (χ4v) is 3.49. The van der Waals surface area contributed by atoms with E-state index in [1.165, 1.54) is 0 Å². The maximum atomic E-state index is 10.9. The van der Waals surface area contributed by atoms with Gasteiger partial charge in [-0.15, -0.1) is 0 Å². The van der Waals surface area contributed by atoms with Crippen molar-refractivity contribution in [3.05, 3.63) is 40.6 Å². The van der Waals surface area contributed by atoms with E-state index in [0.717, 1.165) is 69.6 Å². The number of non-ortho nitro benzene ring substituents is 1. The van der Waals surface area contributed by atoms with Crippen molar-refractivity contribution in [1.82, 2.24) is 14.4 Å². The summed E-state index contributed by atoms with van der Waals surface area (Å²) in [4.78, 5) is 15.4. The highest BCUT2D eigenvalue weighted by Crippen LogP contribution is 2.22. The average molecular weight is 346 g/mol. The average Bonchev–Trinajstić information content (AvgIpc) is 3.03. The number of benzene rings is 1. The summed E-state index contributed by atoms with van der Waals surface area (Å²) in [7, 11) is 0. The summed E-state index contributed by atoms with van der Waals surface area (Å²) in [6.45, 7) is 7.59. The van der Waals surface area contributed by atoms with Crippen LogP contribution in [0.3, 0.4) is 0 Å². The van der Waals surface area contributed by atoms with Crippen molar-refractivity contribution < 1.29 is 10.0 Å². The van der Waals surface area contributed by atoms with Crippen LogP contribution in [0.15, 0.2) is 30.5 Å². The minimum atomic E-state index is -0.350. The quantitative estimate of drug-likeness (QED) is 0.584. The van der Waals surface area contributed by atoms with Crippen molar-refractivity contribution in [2.24, 2.45) is 0 Å². The molecule has 136 valence electrons. The number of aryl methyl sites for hydroxylation is 1. The Balaban J connectivity index is 1.47. The van der Waals surface area contributed by atoms with Crippen molar-refractivity contribution in [1.29, 1.82) is 0 Å². The molecule has 0 saturated carbocycles. The van der Waals surface area contributed by atoms with Crippen LogP contribution in [0.1, 0.15) is 12.8 Å². The fourth-order valence-electron chi connectivity index (χ4n) is 3.49. The number of rotatable bonds is 8. The second kappa shape index (κ2) is 8.42. The van der Waals surface area contributed by atoms with Gasteiger partial charge in [0.25, 0.3) is 5.69 Å². The van der Waals surface area contributed by atoms with Crippen molar-refractivity contribution in [3.63, 3.8) is 0 Å². The number of aromatic nitrogens is 1. The van der Waals surface area contributed by atoms with Crippen LogP contribution in [0.25, 0.3) is 10.9 Å². The Labute approximate surface area is 147 Å². The van der Waals surface area contributed by atoms with Crippen LogP contribution in [-0.2, 0) is 6.54 Å². The summed E-state index contributed by atoms with van der Waals surface area (Å²) in [6, 6.07) is 7.00. The number of nitro groups is 1. The maximum absolute atomic E-state index is 10.9. The van der Waals surface area contributed by atoms with Gasteiger partial charge in [-0.2, -0.15) is 0 Å². The summed E-state index contributed by atoms with van der Waals surface area (Å²) >= 11 is 0. The van der Waals surface area contributed by atoms with Gasteiger partial charge >= 0.3 is 0 Å². The summed E-state index contributed by atoms with van der Waals surface area (Å²) in [5.74, 6) is 0. The van der Waals surface area contributed by atoms with Gasteiger partial charge in [0.1, 0.15) is 0 Å². The highest BCUT2D eigenvalue weighted by atomic mass is 16.6. The molecular formula is C18H26N4O3. The minimum Gasteiger partial charge on any atom is -0.396 e. The number of aliphatic hydroxyl groups excluding tert-OH is 1. The number of hydrogen-bond donors (Lipinski definition) is 1. The van der Waals surface area contributed by atoms with Crippen LogP contribution in [0.4, 0.5) is 5.69 Å². The first-order valence-electron chi connectivity index (χ1n) is 8.96. The van der Waals surface area contributed by atoms with E-state index < -0.39 is 0 Å². The molecule has 0 unspecified atom stereocenters. The molecule has 0 radical (unpaired) electrons. The standard InChI is InChI=1S/C18H26N4O3/c23-14-2-7-20-12-10-19(11-13-20)6-1-8-21-9-5-16-15-17(22(24)25)3-4-18(16)21/h3-5,9,15,23H,1-2,6-8,10-14H2. The Morgan fingerprint density at radius 2 is 1.68 bits per heavy atom. The summed E-state index contributed by atoms with van der Waals surface area (Å²) in [5.41, 5.74) is 1.20. The molecule has 1 aromatic carbocycles. The normalized spacial score (nSPS) is 16.5. The van der Waals surface area contributed by atoms with E-state index in [2.05, 4.69) is 14.4 Å². The zero-order valence-corrected chi connectivity index (χ0v) is 14.5. The lowest BCUT2D eigenvalue weighted by atomic mass is 10.2. The summed E-state index contributed by atoms with van der Waals surface area (Å²) in [6.07, 6.45) is 3.94. The molecule has 0 bridgehead atoms. The van der Waals surface area contributed by atoms with Crippen molar-refractivity contribution in [3.8, 4) is 0 Å². The molecule has 1 aromatic heterocycles. The lowest BCUT2D eigenvalue weighted by molar-refractivity contribution is -0.384. The molecule has 1 saturated heterocycles. The third-order valence-electron chi connectivity index (χ3n) is 4.94. The molecule has 1 N–H and O–H groups in total. The Kier molecular flexibility index (Phi) is 6.01. The molecule has 0 aliphatic carbocycles. The first-order valence-corrected chi connectivity index (χ1v) is 8.96. The predicted octanol–water partition coefficient (Wildman–Crippen LogP) is 1.94. The van der Waals surface area contributed by atoms with E-state index in [-0.39, 0.29) is 17.2 Å². The number of nitro benzene ring substituents is 1. The zero-order valence-electron chi connectivity index (χ0n) is 14.5. The Morgan fingerprint density at radius 3 is 2.32 bits per heavy atom. The second-order valence-corrected chi connectivity index (χ2v) is 6.62. The lowest BCUT2D eigenvalue weighted by Crippen LogP contribution is -2.46. The van der Waals surface area contributed by atoms with Crippen molar-refractivity contribution in [2.75, 3.05) is 45.9 Å². The van der Waals surface area contributed by atoms with Gasteiger partial charge in [-0.05, 0) is 31.5 Å². The third-order valence-corrected chi connectivity index (χ3v) is 4.94. The molecule has 0 amide bonds. The van der Waals surface area contributed by atoms with Gasteiger partial charge in [-0.3, -0.25) is 10.1 Å². The molecule has 0 atom stereocenters. The summed E-state index contributed by atoms with van der Waals surface area (Å²) in [5, 5.41) is 20.7. The SMILES string of the molecule is O=[N+]([O-])c1ccc2c(ccn2CCCN2CCN(CCCO)CC2)c1.